The molecule has 19 heavy (non-hydrogen) atoms. The first-order valence-corrected chi connectivity index (χ1v) is 5.85. The van der Waals surface area contributed by atoms with Gasteiger partial charge in [-0.2, -0.15) is 5.26 Å². The molecule has 0 heterocycles. The minimum absolute atomic E-state index is 0.102. The summed E-state index contributed by atoms with van der Waals surface area (Å²) in [5.41, 5.74) is 0.700. The van der Waals surface area contributed by atoms with Crippen LogP contribution in [0.15, 0.2) is 18.2 Å². The maximum atomic E-state index is 10.6. The van der Waals surface area contributed by atoms with E-state index in [0.29, 0.717) is 25.3 Å². The van der Waals surface area contributed by atoms with Gasteiger partial charge < -0.3 is 15.7 Å². The Morgan fingerprint density at radius 2 is 2.26 bits per heavy atom. The van der Waals surface area contributed by atoms with Crippen molar-refractivity contribution in [1.82, 2.24) is 5.32 Å². The number of non-ortho nitro benzene ring substituents is 1. The lowest BCUT2D eigenvalue weighted by Crippen LogP contribution is -2.29. The first kappa shape index (κ1) is 14.9. The highest BCUT2D eigenvalue weighted by Crippen LogP contribution is 2.20. The summed E-state index contributed by atoms with van der Waals surface area (Å²) in [7, 11) is 0. The third-order valence-electron chi connectivity index (χ3n) is 2.39. The van der Waals surface area contributed by atoms with Crippen LogP contribution in [0.3, 0.4) is 0 Å². The Labute approximate surface area is 111 Å². The van der Waals surface area contributed by atoms with E-state index in [1.165, 1.54) is 18.2 Å². The van der Waals surface area contributed by atoms with E-state index in [0.717, 1.165) is 0 Å². The van der Waals surface area contributed by atoms with Crippen LogP contribution in [0.5, 0.6) is 0 Å². The Morgan fingerprint density at radius 1 is 1.53 bits per heavy atom. The fourth-order valence-electron chi connectivity index (χ4n) is 1.49. The van der Waals surface area contributed by atoms with Gasteiger partial charge in [-0.1, -0.05) is 0 Å². The number of nitrogens with one attached hydrogen (secondary N) is 2. The summed E-state index contributed by atoms with van der Waals surface area (Å²) in [4.78, 5) is 10.1. The van der Waals surface area contributed by atoms with E-state index in [2.05, 4.69) is 10.6 Å². The van der Waals surface area contributed by atoms with Crippen LogP contribution in [0, 0.1) is 21.4 Å². The molecule has 1 rings (SSSR count). The molecule has 0 aliphatic carbocycles. The second kappa shape index (κ2) is 7.31. The molecule has 0 saturated heterocycles. The average Bonchev–Trinajstić information content (AvgIpc) is 2.37. The van der Waals surface area contributed by atoms with Gasteiger partial charge in [-0.3, -0.25) is 10.1 Å². The number of hydrogen-bond donors (Lipinski definition) is 3. The van der Waals surface area contributed by atoms with Gasteiger partial charge in [0.2, 0.25) is 0 Å². The number of nitrogens with zero attached hydrogens (tertiary/aromatic N) is 2. The van der Waals surface area contributed by atoms with Crippen LogP contribution in [-0.2, 0) is 0 Å². The molecule has 0 radical (unpaired) electrons. The number of hydrogen-bond acceptors (Lipinski definition) is 6. The topological polar surface area (TPSA) is 111 Å². The van der Waals surface area contributed by atoms with Gasteiger partial charge in [0, 0.05) is 31.8 Å². The largest absolute Gasteiger partial charge is 0.392 e. The maximum Gasteiger partial charge on any atom is 0.270 e. The smallest absolute Gasteiger partial charge is 0.270 e. The van der Waals surface area contributed by atoms with Gasteiger partial charge in [-0.05, 0) is 13.0 Å². The zero-order chi connectivity index (χ0) is 14.3. The van der Waals surface area contributed by atoms with Crippen LogP contribution in [0.4, 0.5) is 11.4 Å². The minimum Gasteiger partial charge on any atom is -0.392 e. The van der Waals surface area contributed by atoms with Gasteiger partial charge in [0.15, 0.2) is 0 Å². The standard InChI is InChI=1S/C12H16N4O3/c1-9(17)8-14-4-5-15-12-3-2-11(16(18)19)6-10(12)7-13/h2-3,6,9,14-15,17H,4-5,8H2,1H3. The number of nitro groups is 1. The lowest BCUT2D eigenvalue weighted by atomic mass is 10.1. The molecule has 1 atom stereocenters. The second-order valence-electron chi connectivity index (χ2n) is 4.08. The summed E-state index contributed by atoms with van der Waals surface area (Å²) >= 11 is 0. The third-order valence-corrected chi connectivity index (χ3v) is 2.39. The van der Waals surface area contributed by atoms with Crippen molar-refractivity contribution in [3.8, 4) is 6.07 Å². The zero-order valence-electron chi connectivity index (χ0n) is 10.6. The lowest BCUT2D eigenvalue weighted by molar-refractivity contribution is -0.384. The van der Waals surface area contributed by atoms with E-state index in [-0.39, 0.29) is 11.3 Å². The summed E-state index contributed by atoms with van der Waals surface area (Å²) in [5.74, 6) is 0. The molecule has 0 aromatic heterocycles. The Morgan fingerprint density at radius 3 is 2.84 bits per heavy atom. The summed E-state index contributed by atoms with van der Waals surface area (Å²) in [6.07, 6.45) is -0.408. The van der Waals surface area contributed by atoms with Crippen molar-refractivity contribution in [3.05, 3.63) is 33.9 Å². The van der Waals surface area contributed by atoms with Gasteiger partial charge in [0.1, 0.15) is 6.07 Å². The molecule has 1 aromatic carbocycles. The SMILES string of the molecule is CC(O)CNCCNc1ccc([N+](=O)[O-])cc1C#N. The van der Waals surface area contributed by atoms with E-state index >= 15 is 0 Å². The molecular weight excluding hydrogens is 248 g/mol. The van der Waals surface area contributed by atoms with Gasteiger partial charge in [-0.15, -0.1) is 0 Å². The Bertz CT molecular complexity index is 482. The minimum atomic E-state index is -0.533. The summed E-state index contributed by atoms with van der Waals surface area (Å²) in [6.45, 7) is 3.35. The Balaban J connectivity index is 2.54. The van der Waals surface area contributed by atoms with Crippen molar-refractivity contribution in [2.45, 2.75) is 13.0 Å². The van der Waals surface area contributed by atoms with Crippen molar-refractivity contribution >= 4 is 11.4 Å². The molecular formula is C12H16N4O3. The molecule has 0 saturated carbocycles. The molecule has 0 bridgehead atoms. The van der Waals surface area contributed by atoms with Crippen LogP contribution in [0.25, 0.3) is 0 Å². The molecule has 7 heteroatoms. The first-order valence-electron chi connectivity index (χ1n) is 5.85. The monoisotopic (exact) mass is 264 g/mol. The second-order valence-corrected chi connectivity index (χ2v) is 4.08. The fraction of sp³-hybridized carbons (Fsp3) is 0.417. The fourth-order valence-corrected chi connectivity index (χ4v) is 1.49. The molecule has 0 spiro atoms. The van der Waals surface area contributed by atoms with Crippen molar-refractivity contribution in [2.75, 3.05) is 25.0 Å². The van der Waals surface area contributed by atoms with E-state index in [1.807, 2.05) is 6.07 Å². The van der Waals surface area contributed by atoms with Crippen LogP contribution >= 0.6 is 0 Å². The molecule has 0 fully saturated rings. The maximum absolute atomic E-state index is 10.6. The molecule has 0 amide bonds. The number of nitriles is 1. The predicted molar refractivity (Wildman–Crippen MR) is 70.9 cm³/mol. The Hall–Kier alpha value is -2.17. The van der Waals surface area contributed by atoms with Gasteiger partial charge >= 0.3 is 0 Å². The predicted octanol–water partition coefficient (Wildman–Crippen LogP) is 0.849. The van der Waals surface area contributed by atoms with Crippen molar-refractivity contribution in [1.29, 1.82) is 5.26 Å². The number of aliphatic hydroxyl groups excluding tert-OH is 1. The quantitative estimate of drug-likeness (QED) is 0.382. The molecule has 7 nitrogen and oxygen atoms in total. The summed E-state index contributed by atoms with van der Waals surface area (Å²) in [6, 6.07) is 6.04. The van der Waals surface area contributed by atoms with Gasteiger partial charge in [0.05, 0.1) is 22.3 Å². The molecule has 1 unspecified atom stereocenters. The number of aliphatic hydroxyl groups is 1. The molecule has 1 aromatic rings. The molecule has 0 aliphatic heterocycles. The molecule has 102 valence electrons. The molecule has 0 aliphatic rings. The summed E-state index contributed by atoms with van der Waals surface area (Å²) in [5, 5.41) is 34.6. The molecule has 3 N–H and O–H groups in total. The first-order chi connectivity index (χ1) is 9.04. The van der Waals surface area contributed by atoms with Crippen LogP contribution in [-0.4, -0.2) is 35.8 Å². The average molecular weight is 264 g/mol. The van der Waals surface area contributed by atoms with Crippen molar-refractivity contribution in [2.24, 2.45) is 0 Å². The highest BCUT2D eigenvalue weighted by molar-refractivity contribution is 5.61. The van der Waals surface area contributed by atoms with Crippen LogP contribution in [0.2, 0.25) is 0 Å². The highest BCUT2D eigenvalue weighted by atomic mass is 16.6. The Kier molecular flexibility index (Phi) is 5.73. The third kappa shape index (κ3) is 4.91. The van der Waals surface area contributed by atoms with E-state index in [4.69, 9.17) is 10.4 Å². The van der Waals surface area contributed by atoms with Crippen molar-refractivity contribution in [3.63, 3.8) is 0 Å². The number of nitro benzene ring substituents is 1. The van der Waals surface area contributed by atoms with E-state index in [1.54, 1.807) is 6.92 Å². The van der Waals surface area contributed by atoms with Gasteiger partial charge in [0.25, 0.3) is 5.69 Å². The number of benzene rings is 1. The van der Waals surface area contributed by atoms with E-state index < -0.39 is 11.0 Å². The van der Waals surface area contributed by atoms with Gasteiger partial charge in [-0.25, -0.2) is 0 Å². The number of anilines is 1. The normalized spacial score (nSPS) is 11.6. The van der Waals surface area contributed by atoms with Crippen molar-refractivity contribution < 1.29 is 10.0 Å². The van der Waals surface area contributed by atoms with E-state index in [9.17, 15) is 10.1 Å². The lowest BCUT2D eigenvalue weighted by Gasteiger charge is -2.10. The van der Waals surface area contributed by atoms with Crippen LogP contribution in [0.1, 0.15) is 12.5 Å². The van der Waals surface area contributed by atoms with Crippen LogP contribution < -0.4 is 10.6 Å². The highest BCUT2D eigenvalue weighted by Gasteiger charge is 2.09. The zero-order valence-corrected chi connectivity index (χ0v) is 10.6. The number of rotatable bonds is 7. The summed E-state index contributed by atoms with van der Waals surface area (Å²) < 4.78 is 0.